The van der Waals surface area contributed by atoms with E-state index in [4.69, 9.17) is 4.74 Å². The van der Waals surface area contributed by atoms with Crippen molar-refractivity contribution in [1.29, 1.82) is 0 Å². The second kappa shape index (κ2) is 9.33. The maximum atomic E-state index is 12.7. The average Bonchev–Trinajstić information content (AvgIpc) is 3.13. The minimum Gasteiger partial charge on any atom is -0.492 e. The van der Waals surface area contributed by atoms with E-state index in [-0.39, 0.29) is 11.4 Å². The lowest BCUT2D eigenvalue weighted by Gasteiger charge is -2.13. The zero-order valence-electron chi connectivity index (χ0n) is 16.0. The van der Waals surface area contributed by atoms with Crippen LogP contribution in [0.25, 0.3) is 5.82 Å². The first kappa shape index (κ1) is 21.2. The molecule has 29 heavy (non-hydrogen) atoms. The molecule has 0 aliphatic carbocycles. The maximum absolute atomic E-state index is 12.7. The minimum atomic E-state index is -3.73. The van der Waals surface area contributed by atoms with Gasteiger partial charge in [-0.25, -0.2) is 28.1 Å². The Morgan fingerprint density at radius 3 is 2.72 bits per heavy atom. The zero-order chi connectivity index (χ0) is 20.9. The Hall–Kier alpha value is -2.50. The first-order valence-corrected chi connectivity index (χ1v) is 11.2. The highest BCUT2D eigenvalue weighted by molar-refractivity contribution is 9.10. The van der Waals surface area contributed by atoms with Gasteiger partial charge < -0.3 is 10.1 Å². The number of hydrogen-bond donors (Lipinski definition) is 2. The van der Waals surface area contributed by atoms with Gasteiger partial charge >= 0.3 is 0 Å². The number of nitrogens with one attached hydrogen (secondary N) is 2. The van der Waals surface area contributed by atoms with E-state index >= 15 is 0 Å². The molecule has 0 saturated carbocycles. The molecule has 0 atom stereocenters. The first-order chi connectivity index (χ1) is 13.9. The van der Waals surface area contributed by atoms with Crippen molar-refractivity contribution in [1.82, 2.24) is 24.2 Å². The van der Waals surface area contributed by atoms with Gasteiger partial charge in [-0.05, 0) is 32.0 Å². The molecule has 0 unspecified atom stereocenters. The van der Waals surface area contributed by atoms with Gasteiger partial charge in [-0.15, -0.1) is 0 Å². The van der Waals surface area contributed by atoms with E-state index in [1.807, 2.05) is 17.7 Å². The average molecular weight is 481 g/mol. The summed E-state index contributed by atoms with van der Waals surface area (Å²) in [7, 11) is -3.73. The SMILES string of the molecule is CCOc1ccc(Br)cc1S(=O)(=O)NCCNc1cc(-n2ccnc2C)ncn1. The summed E-state index contributed by atoms with van der Waals surface area (Å²) >= 11 is 3.30. The Morgan fingerprint density at radius 2 is 2.00 bits per heavy atom. The standard InChI is InChI=1S/C18H21BrN6O3S/c1-3-28-15-5-4-14(19)10-16(15)29(26,27)24-7-6-21-17-11-18(23-12-22-17)25-9-8-20-13(25)2/h4-5,8-12,24H,3,6-7H2,1-2H3,(H,21,22,23). The summed E-state index contributed by atoms with van der Waals surface area (Å²) in [5.74, 6) is 2.38. The molecule has 1 aromatic carbocycles. The van der Waals surface area contributed by atoms with Crippen LogP contribution in [0.1, 0.15) is 12.7 Å². The quantitative estimate of drug-likeness (QED) is 0.452. The van der Waals surface area contributed by atoms with Crippen LogP contribution in [0.15, 0.2) is 52.4 Å². The summed E-state index contributed by atoms with van der Waals surface area (Å²) in [6.45, 7) is 4.57. The molecule has 3 aromatic rings. The number of sulfonamides is 1. The van der Waals surface area contributed by atoms with Crippen LogP contribution >= 0.6 is 15.9 Å². The smallest absolute Gasteiger partial charge is 0.244 e. The Morgan fingerprint density at radius 1 is 1.17 bits per heavy atom. The molecule has 0 saturated heterocycles. The van der Waals surface area contributed by atoms with Crippen LogP contribution in [-0.4, -0.2) is 47.6 Å². The molecular weight excluding hydrogens is 460 g/mol. The fraction of sp³-hybridized carbons (Fsp3) is 0.278. The van der Waals surface area contributed by atoms with Gasteiger partial charge in [0.25, 0.3) is 0 Å². The first-order valence-electron chi connectivity index (χ1n) is 8.89. The number of aromatic nitrogens is 4. The van der Waals surface area contributed by atoms with Crippen LogP contribution in [0.2, 0.25) is 0 Å². The van der Waals surface area contributed by atoms with Crippen molar-refractivity contribution in [3.63, 3.8) is 0 Å². The molecule has 2 aromatic heterocycles. The summed E-state index contributed by atoms with van der Waals surface area (Å²) < 4.78 is 35.8. The Kier molecular flexibility index (Phi) is 6.83. The van der Waals surface area contributed by atoms with Crippen LogP contribution in [0.4, 0.5) is 5.82 Å². The molecule has 0 spiro atoms. The molecule has 9 nitrogen and oxygen atoms in total. The Bertz CT molecular complexity index is 1090. The second-order valence-corrected chi connectivity index (χ2v) is 8.61. The fourth-order valence-corrected chi connectivity index (χ4v) is 4.33. The highest BCUT2D eigenvalue weighted by atomic mass is 79.9. The summed E-state index contributed by atoms with van der Waals surface area (Å²) in [6, 6.07) is 6.65. The van der Waals surface area contributed by atoms with E-state index in [0.29, 0.717) is 35.0 Å². The number of ether oxygens (including phenoxy) is 1. The number of rotatable bonds is 9. The van der Waals surface area contributed by atoms with Crippen LogP contribution < -0.4 is 14.8 Å². The van der Waals surface area contributed by atoms with Crippen molar-refractivity contribution in [2.45, 2.75) is 18.7 Å². The van der Waals surface area contributed by atoms with E-state index in [0.717, 1.165) is 5.82 Å². The number of aryl methyl sites for hydroxylation is 1. The summed E-state index contributed by atoms with van der Waals surface area (Å²) in [4.78, 5) is 12.7. The fourth-order valence-electron chi connectivity index (χ4n) is 2.62. The molecular formula is C18H21BrN6O3S. The van der Waals surface area contributed by atoms with E-state index in [2.05, 4.69) is 40.9 Å². The minimum absolute atomic E-state index is 0.0913. The molecule has 154 valence electrons. The van der Waals surface area contributed by atoms with Crippen molar-refractivity contribution in [3.05, 3.63) is 53.3 Å². The third-order valence-corrected chi connectivity index (χ3v) is 5.92. The van der Waals surface area contributed by atoms with E-state index < -0.39 is 10.0 Å². The number of imidazole rings is 1. The van der Waals surface area contributed by atoms with Crippen molar-refractivity contribution < 1.29 is 13.2 Å². The van der Waals surface area contributed by atoms with Crippen LogP contribution in [0.5, 0.6) is 5.75 Å². The number of benzene rings is 1. The molecule has 0 fully saturated rings. The molecule has 0 radical (unpaired) electrons. The number of anilines is 1. The van der Waals surface area contributed by atoms with Crippen LogP contribution in [-0.2, 0) is 10.0 Å². The van der Waals surface area contributed by atoms with Gasteiger partial charge in [0, 0.05) is 36.0 Å². The Labute approximate surface area is 177 Å². The highest BCUT2D eigenvalue weighted by Gasteiger charge is 2.19. The molecule has 2 heterocycles. The van der Waals surface area contributed by atoms with E-state index in [1.54, 1.807) is 31.3 Å². The molecule has 2 N–H and O–H groups in total. The predicted octanol–water partition coefficient (Wildman–Crippen LogP) is 2.52. The Balaban J connectivity index is 1.62. The monoisotopic (exact) mass is 480 g/mol. The third kappa shape index (κ3) is 5.31. The molecule has 0 aliphatic heterocycles. The van der Waals surface area contributed by atoms with Crippen molar-refractivity contribution in [2.75, 3.05) is 25.0 Å². The van der Waals surface area contributed by atoms with Gasteiger partial charge in [-0.3, -0.25) is 4.57 Å². The van der Waals surface area contributed by atoms with Gasteiger partial charge in [0.1, 0.15) is 34.4 Å². The molecule has 0 bridgehead atoms. The number of hydrogen-bond acceptors (Lipinski definition) is 7. The third-order valence-electron chi connectivity index (χ3n) is 3.94. The van der Waals surface area contributed by atoms with Gasteiger partial charge in [0.2, 0.25) is 10.0 Å². The molecule has 3 rings (SSSR count). The second-order valence-electron chi connectivity index (χ2n) is 5.95. The normalized spacial score (nSPS) is 11.4. The maximum Gasteiger partial charge on any atom is 0.244 e. The summed E-state index contributed by atoms with van der Waals surface area (Å²) in [5, 5.41) is 3.09. The van der Waals surface area contributed by atoms with Gasteiger partial charge in [0.15, 0.2) is 0 Å². The van der Waals surface area contributed by atoms with Gasteiger partial charge in [0.05, 0.1) is 6.61 Å². The molecule has 0 amide bonds. The van der Waals surface area contributed by atoms with Crippen LogP contribution in [0.3, 0.4) is 0 Å². The number of nitrogens with zero attached hydrogens (tertiary/aromatic N) is 4. The highest BCUT2D eigenvalue weighted by Crippen LogP contribution is 2.27. The molecule has 0 aliphatic rings. The lowest BCUT2D eigenvalue weighted by atomic mass is 10.3. The lowest BCUT2D eigenvalue weighted by molar-refractivity contribution is 0.331. The van der Waals surface area contributed by atoms with E-state index in [1.165, 1.54) is 12.4 Å². The van der Waals surface area contributed by atoms with Crippen LogP contribution in [0, 0.1) is 6.92 Å². The van der Waals surface area contributed by atoms with Crippen molar-refractivity contribution in [3.8, 4) is 11.6 Å². The summed E-state index contributed by atoms with van der Waals surface area (Å²) in [6.07, 6.45) is 4.94. The van der Waals surface area contributed by atoms with Crippen molar-refractivity contribution in [2.24, 2.45) is 0 Å². The van der Waals surface area contributed by atoms with E-state index in [9.17, 15) is 8.42 Å². The lowest BCUT2D eigenvalue weighted by Crippen LogP contribution is -2.29. The predicted molar refractivity (Wildman–Crippen MR) is 113 cm³/mol. The zero-order valence-corrected chi connectivity index (χ0v) is 18.4. The molecule has 11 heteroatoms. The largest absolute Gasteiger partial charge is 0.492 e. The topological polar surface area (TPSA) is 111 Å². The van der Waals surface area contributed by atoms with Gasteiger partial charge in [-0.1, -0.05) is 15.9 Å². The number of halogens is 1. The van der Waals surface area contributed by atoms with Crippen molar-refractivity contribution >= 4 is 31.8 Å². The van der Waals surface area contributed by atoms with Gasteiger partial charge in [-0.2, -0.15) is 0 Å². The summed E-state index contributed by atoms with van der Waals surface area (Å²) in [5.41, 5.74) is 0.